The Morgan fingerprint density at radius 1 is 1.50 bits per heavy atom. The molecule has 0 fully saturated rings. The van der Waals surface area contributed by atoms with Gasteiger partial charge in [0, 0.05) is 11.9 Å². The van der Waals surface area contributed by atoms with Crippen LogP contribution in [0.3, 0.4) is 0 Å². The standard InChI is InChI=1S/C11H9ClN4OS/c1-7-5-8(6-13)15-16(7)11-9(18(2)17)3-4-10(12)14-11/h3-5H,1-2H3. The van der Waals surface area contributed by atoms with Crippen molar-refractivity contribution in [3.8, 4) is 11.9 Å². The van der Waals surface area contributed by atoms with E-state index in [0.717, 1.165) is 5.69 Å². The van der Waals surface area contributed by atoms with Gasteiger partial charge in [-0.25, -0.2) is 9.67 Å². The molecule has 0 aliphatic rings. The summed E-state index contributed by atoms with van der Waals surface area (Å²) in [5.41, 5.74) is 1.01. The predicted molar refractivity (Wildman–Crippen MR) is 68.2 cm³/mol. The van der Waals surface area contributed by atoms with E-state index in [-0.39, 0.29) is 10.8 Å². The van der Waals surface area contributed by atoms with Crippen LogP contribution in [0.1, 0.15) is 11.4 Å². The van der Waals surface area contributed by atoms with Crippen LogP contribution in [0, 0.1) is 18.3 Å². The minimum atomic E-state index is -1.22. The van der Waals surface area contributed by atoms with E-state index < -0.39 is 10.8 Å². The summed E-state index contributed by atoms with van der Waals surface area (Å²) in [6.07, 6.45) is 1.55. The lowest BCUT2D eigenvalue weighted by Gasteiger charge is -2.08. The van der Waals surface area contributed by atoms with Crippen LogP contribution in [-0.4, -0.2) is 25.2 Å². The van der Waals surface area contributed by atoms with Crippen LogP contribution in [0.15, 0.2) is 23.1 Å². The van der Waals surface area contributed by atoms with Gasteiger partial charge in [0.2, 0.25) is 0 Å². The molecule has 1 atom stereocenters. The zero-order valence-corrected chi connectivity index (χ0v) is 11.3. The van der Waals surface area contributed by atoms with Crippen LogP contribution >= 0.6 is 11.6 Å². The maximum absolute atomic E-state index is 11.7. The van der Waals surface area contributed by atoms with Crippen molar-refractivity contribution in [3.63, 3.8) is 0 Å². The molecular formula is C11H9ClN4OS. The van der Waals surface area contributed by atoms with Gasteiger partial charge in [-0.15, -0.1) is 0 Å². The molecule has 0 amide bonds. The van der Waals surface area contributed by atoms with Gasteiger partial charge in [-0.3, -0.25) is 4.21 Å². The second-order valence-electron chi connectivity index (χ2n) is 3.60. The molecule has 0 aliphatic carbocycles. The van der Waals surface area contributed by atoms with Gasteiger partial charge >= 0.3 is 0 Å². The van der Waals surface area contributed by atoms with E-state index in [4.69, 9.17) is 16.9 Å². The van der Waals surface area contributed by atoms with Gasteiger partial charge in [0.25, 0.3) is 0 Å². The molecule has 2 aromatic rings. The summed E-state index contributed by atoms with van der Waals surface area (Å²) >= 11 is 5.85. The first kappa shape index (κ1) is 12.7. The number of hydrogen-bond donors (Lipinski definition) is 0. The summed E-state index contributed by atoms with van der Waals surface area (Å²) in [4.78, 5) is 4.66. The number of aromatic nitrogens is 3. The van der Waals surface area contributed by atoms with Crippen LogP contribution in [0.4, 0.5) is 0 Å². The zero-order valence-electron chi connectivity index (χ0n) is 9.72. The molecule has 2 aromatic heterocycles. The monoisotopic (exact) mass is 280 g/mol. The molecule has 0 N–H and O–H groups in total. The molecule has 7 heteroatoms. The summed E-state index contributed by atoms with van der Waals surface area (Å²) < 4.78 is 13.1. The van der Waals surface area contributed by atoms with Gasteiger partial charge in [0.15, 0.2) is 11.5 Å². The summed E-state index contributed by atoms with van der Waals surface area (Å²) in [7, 11) is -1.22. The summed E-state index contributed by atoms with van der Waals surface area (Å²) in [6, 6.07) is 6.80. The lowest BCUT2D eigenvalue weighted by atomic mass is 10.4. The third-order valence-electron chi connectivity index (χ3n) is 2.32. The topological polar surface area (TPSA) is 71.6 Å². The SMILES string of the molecule is Cc1cc(C#N)nn1-c1nc(Cl)ccc1S(C)=O. The average Bonchev–Trinajstić information content (AvgIpc) is 2.70. The van der Waals surface area contributed by atoms with E-state index in [1.165, 1.54) is 4.68 Å². The molecule has 0 aliphatic heterocycles. The van der Waals surface area contributed by atoms with Crippen molar-refractivity contribution in [2.75, 3.05) is 6.26 Å². The van der Waals surface area contributed by atoms with E-state index in [0.29, 0.717) is 10.7 Å². The van der Waals surface area contributed by atoms with Crippen molar-refractivity contribution in [2.24, 2.45) is 0 Å². The van der Waals surface area contributed by atoms with Crippen LogP contribution < -0.4 is 0 Å². The molecule has 0 spiro atoms. The molecule has 0 radical (unpaired) electrons. The lowest BCUT2D eigenvalue weighted by Crippen LogP contribution is -2.07. The van der Waals surface area contributed by atoms with Gasteiger partial charge in [-0.2, -0.15) is 10.4 Å². The van der Waals surface area contributed by atoms with Crippen LogP contribution in [0.2, 0.25) is 5.15 Å². The number of nitrogens with zero attached hydrogens (tertiary/aromatic N) is 4. The minimum Gasteiger partial charge on any atom is -0.255 e. The first-order valence-corrected chi connectivity index (χ1v) is 6.93. The molecule has 0 saturated heterocycles. The molecule has 0 bridgehead atoms. The minimum absolute atomic E-state index is 0.280. The van der Waals surface area contributed by atoms with Crippen molar-refractivity contribution in [1.82, 2.24) is 14.8 Å². The second kappa shape index (κ2) is 4.88. The fourth-order valence-electron chi connectivity index (χ4n) is 1.53. The molecule has 0 saturated carbocycles. The lowest BCUT2D eigenvalue weighted by molar-refractivity contribution is 0.684. The molecule has 18 heavy (non-hydrogen) atoms. The molecule has 0 aromatic carbocycles. The Morgan fingerprint density at radius 3 is 2.78 bits per heavy atom. The van der Waals surface area contributed by atoms with E-state index in [9.17, 15) is 4.21 Å². The van der Waals surface area contributed by atoms with Gasteiger partial charge in [-0.05, 0) is 25.1 Å². The molecule has 2 heterocycles. The van der Waals surface area contributed by atoms with Crippen molar-refractivity contribution in [3.05, 3.63) is 34.7 Å². The quantitative estimate of drug-likeness (QED) is 0.787. The van der Waals surface area contributed by atoms with Crippen molar-refractivity contribution in [1.29, 1.82) is 5.26 Å². The third-order valence-corrected chi connectivity index (χ3v) is 3.47. The van der Waals surface area contributed by atoms with E-state index in [1.807, 2.05) is 6.07 Å². The Kier molecular flexibility index (Phi) is 3.45. The highest BCUT2D eigenvalue weighted by molar-refractivity contribution is 7.84. The zero-order chi connectivity index (χ0) is 13.3. The van der Waals surface area contributed by atoms with E-state index >= 15 is 0 Å². The number of aryl methyl sites for hydroxylation is 1. The summed E-state index contributed by atoms with van der Waals surface area (Å²) in [5, 5.41) is 13.2. The molecular weight excluding hydrogens is 272 g/mol. The highest BCUT2D eigenvalue weighted by atomic mass is 35.5. The number of hydrogen-bond acceptors (Lipinski definition) is 4. The normalized spacial score (nSPS) is 12.1. The Hall–Kier alpha value is -1.71. The summed E-state index contributed by atoms with van der Waals surface area (Å²) in [6.45, 7) is 1.79. The highest BCUT2D eigenvalue weighted by Gasteiger charge is 2.14. The van der Waals surface area contributed by atoms with Crippen LogP contribution in [0.25, 0.3) is 5.82 Å². The third kappa shape index (κ3) is 2.28. The Bertz CT molecular complexity index is 674. The first-order valence-electron chi connectivity index (χ1n) is 5.00. The van der Waals surface area contributed by atoms with Crippen LogP contribution in [-0.2, 0) is 10.8 Å². The molecule has 5 nitrogen and oxygen atoms in total. The van der Waals surface area contributed by atoms with Gasteiger partial charge in [0.1, 0.15) is 11.2 Å². The van der Waals surface area contributed by atoms with Crippen molar-refractivity contribution >= 4 is 22.4 Å². The maximum atomic E-state index is 11.7. The first-order chi connectivity index (χ1) is 8.52. The molecule has 1 unspecified atom stereocenters. The molecule has 92 valence electrons. The predicted octanol–water partition coefficient (Wildman–Crippen LogP) is 1.84. The number of halogens is 1. The van der Waals surface area contributed by atoms with Crippen molar-refractivity contribution in [2.45, 2.75) is 11.8 Å². The van der Waals surface area contributed by atoms with E-state index in [1.54, 1.807) is 31.4 Å². The van der Waals surface area contributed by atoms with Crippen LogP contribution in [0.5, 0.6) is 0 Å². The highest BCUT2D eigenvalue weighted by Crippen LogP contribution is 2.20. The summed E-state index contributed by atoms with van der Waals surface area (Å²) in [5.74, 6) is 0.391. The maximum Gasteiger partial charge on any atom is 0.171 e. The fraction of sp³-hybridized carbons (Fsp3) is 0.182. The van der Waals surface area contributed by atoms with Gasteiger partial charge in [0.05, 0.1) is 15.7 Å². The Balaban J connectivity index is 2.69. The number of pyridine rings is 1. The van der Waals surface area contributed by atoms with Gasteiger partial charge in [-0.1, -0.05) is 11.6 Å². The fourth-order valence-corrected chi connectivity index (χ4v) is 2.32. The largest absolute Gasteiger partial charge is 0.255 e. The van der Waals surface area contributed by atoms with Crippen molar-refractivity contribution < 1.29 is 4.21 Å². The number of nitriles is 1. The smallest absolute Gasteiger partial charge is 0.171 e. The second-order valence-corrected chi connectivity index (χ2v) is 5.34. The molecule has 2 rings (SSSR count). The van der Waals surface area contributed by atoms with E-state index in [2.05, 4.69) is 10.1 Å². The average molecular weight is 281 g/mol. The Labute approximate surface area is 111 Å². The number of rotatable bonds is 2. The Morgan fingerprint density at radius 2 is 2.22 bits per heavy atom. The van der Waals surface area contributed by atoms with Gasteiger partial charge < -0.3 is 0 Å².